The summed E-state index contributed by atoms with van der Waals surface area (Å²) in [5.41, 5.74) is 4.22. The zero-order valence-electron chi connectivity index (χ0n) is 19.7. The number of nitrogens with zero attached hydrogens (tertiary/aromatic N) is 5. The Morgan fingerprint density at radius 3 is 2.84 bits per heavy atom. The molecule has 2 aromatic rings. The summed E-state index contributed by atoms with van der Waals surface area (Å²) in [7, 11) is 6.30. The number of rotatable bonds is 10. The molecule has 2 aromatic heterocycles. The van der Waals surface area contributed by atoms with E-state index in [0.717, 1.165) is 48.8 Å². The lowest BCUT2D eigenvalue weighted by atomic mass is 9.91. The summed E-state index contributed by atoms with van der Waals surface area (Å²) in [5.74, 6) is 1.60. The summed E-state index contributed by atoms with van der Waals surface area (Å²) in [5, 5.41) is 13.6. The number of aliphatic hydroxyl groups is 1. The van der Waals surface area contributed by atoms with Gasteiger partial charge in [0.2, 0.25) is 0 Å². The van der Waals surface area contributed by atoms with Crippen molar-refractivity contribution in [1.29, 1.82) is 0 Å². The summed E-state index contributed by atoms with van der Waals surface area (Å²) in [6, 6.07) is 4.90. The topological polar surface area (TPSA) is 69.5 Å². The lowest BCUT2D eigenvalue weighted by Gasteiger charge is -2.32. The molecule has 2 heterocycles. The Morgan fingerprint density at radius 1 is 1.39 bits per heavy atom. The van der Waals surface area contributed by atoms with Gasteiger partial charge in [-0.1, -0.05) is 19.6 Å². The van der Waals surface area contributed by atoms with E-state index in [9.17, 15) is 5.11 Å². The fraction of sp³-hybridized carbons (Fsp3) is 0.583. The van der Waals surface area contributed by atoms with Crippen LogP contribution in [0, 0.1) is 6.92 Å². The van der Waals surface area contributed by atoms with Gasteiger partial charge in [-0.15, -0.1) is 0 Å². The van der Waals surface area contributed by atoms with E-state index in [4.69, 9.17) is 4.98 Å². The molecule has 1 aliphatic rings. The average molecular weight is 427 g/mol. The molecule has 2 atom stereocenters. The predicted molar refractivity (Wildman–Crippen MR) is 125 cm³/mol. The van der Waals surface area contributed by atoms with Crippen molar-refractivity contribution < 1.29 is 5.11 Å². The molecule has 3 rings (SSSR count). The first-order valence-electron chi connectivity index (χ1n) is 11.3. The Balaban J connectivity index is 1.77. The van der Waals surface area contributed by atoms with Gasteiger partial charge >= 0.3 is 0 Å². The molecule has 1 aliphatic carbocycles. The molecule has 0 amide bonds. The number of aryl methyl sites for hydroxylation is 2. The Bertz CT molecular complexity index is 890. The number of pyridine rings is 1. The number of likely N-dealkylation sites (N-methyl/N-ethyl adjacent to an activating group) is 1. The van der Waals surface area contributed by atoms with E-state index in [2.05, 4.69) is 60.8 Å². The minimum atomic E-state index is -0.0743. The number of fused-ring (bicyclic) bond motifs is 1. The van der Waals surface area contributed by atoms with E-state index in [1.54, 1.807) is 0 Å². The van der Waals surface area contributed by atoms with Crippen LogP contribution in [0.3, 0.4) is 0 Å². The highest BCUT2D eigenvalue weighted by atomic mass is 16.3. The largest absolute Gasteiger partial charge is 0.390 e. The van der Waals surface area contributed by atoms with Crippen LogP contribution in [-0.4, -0.2) is 63.2 Å². The van der Waals surface area contributed by atoms with E-state index in [1.807, 2.05) is 23.8 Å². The van der Waals surface area contributed by atoms with Crippen molar-refractivity contribution in [3.8, 4) is 0 Å². The van der Waals surface area contributed by atoms with Crippen molar-refractivity contribution in [3.63, 3.8) is 0 Å². The Hall–Kier alpha value is -2.22. The third-order valence-electron chi connectivity index (χ3n) is 6.48. The van der Waals surface area contributed by atoms with E-state index in [-0.39, 0.29) is 12.6 Å². The molecule has 0 spiro atoms. The van der Waals surface area contributed by atoms with E-state index < -0.39 is 0 Å². The maximum atomic E-state index is 10.2. The number of hydrogen-bond donors (Lipinski definition) is 2. The normalized spacial score (nSPS) is 17.1. The van der Waals surface area contributed by atoms with Crippen LogP contribution >= 0.6 is 0 Å². The maximum Gasteiger partial charge on any atom is 0.111 e. The van der Waals surface area contributed by atoms with Crippen molar-refractivity contribution in [1.82, 2.24) is 29.7 Å². The molecule has 0 saturated carbocycles. The Kier molecular flexibility index (Phi) is 7.86. The van der Waals surface area contributed by atoms with Gasteiger partial charge in [-0.3, -0.25) is 14.5 Å². The van der Waals surface area contributed by atoms with Gasteiger partial charge in [-0.05, 0) is 65.4 Å². The van der Waals surface area contributed by atoms with Gasteiger partial charge in [0, 0.05) is 25.3 Å². The SMILES string of the molecule is C=C(NCC(CC)N(C)C)n1c(C)nc(CN(C)[C@H]2CCCc3cccnc32)c1CO. The molecule has 0 aromatic carbocycles. The van der Waals surface area contributed by atoms with Crippen LogP contribution in [0.1, 0.15) is 60.7 Å². The summed E-state index contributed by atoms with van der Waals surface area (Å²) in [4.78, 5) is 14.0. The van der Waals surface area contributed by atoms with Crippen molar-refractivity contribution in [2.24, 2.45) is 0 Å². The van der Waals surface area contributed by atoms with Crippen molar-refractivity contribution in [2.45, 2.75) is 64.8 Å². The van der Waals surface area contributed by atoms with Crippen LogP contribution < -0.4 is 5.32 Å². The molecule has 0 fully saturated rings. The number of aromatic nitrogens is 3. The lowest BCUT2D eigenvalue weighted by Crippen LogP contribution is -2.37. The summed E-state index contributed by atoms with van der Waals surface area (Å²) < 4.78 is 1.96. The van der Waals surface area contributed by atoms with Crippen LogP contribution in [0.4, 0.5) is 0 Å². The third-order valence-corrected chi connectivity index (χ3v) is 6.48. The Morgan fingerprint density at radius 2 is 2.16 bits per heavy atom. The highest BCUT2D eigenvalue weighted by molar-refractivity contribution is 5.44. The van der Waals surface area contributed by atoms with Gasteiger partial charge in [0.05, 0.1) is 29.7 Å². The van der Waals surface area contributed by atoms with Crippen LogP contribution in [-0.2, 0) is 19.6 Å². The van der Waals surface area contributed by atoms with Crippen LogP contribution in [0.15, 0.2) is 24.9 Å². The molecule has 0 aliphatic heterocycles. The maximum absolute atomic E-state index is 10.2. The quantitative estimate of drug-likeness (QED) is 0.609. The van der Waals surface area contributed by atoms with Gasteiger partial charge < -0.3 is 15.3 Å². The molecule has 0 radical (unpaired) electrons. The monoisotopic (exact) mass is 426 g/mol. The molecule has 2 N–H and O–H groups in total. The number of hydrogen-bond acceptors (Lipinski definition) is 6. The zero-order valence-corrected chi connectivity index (χ0v) is 19.7. The van der Waals surface area contributed by atoms with Crippen molar-refractivity contribution in [3.05, 3.63) is 53.4 Å². The zero-order chi connectivity index (χ0) is 22.5. The fourth-order valence-electron chi connectivity index (χ4n) is 4.65. The molecule has 1 unspecified atom stereocenters. The van der Waals surface area contributed by atoms with E-state index >= 15 is 0 Å². The molecule has 0 bridgehead atoms. The lowest BCUT2D eigenvalue weighted by molar-refractivity contribution is 0.203. The first-order valence-corrected chi connectivity index (χ1v) is 11.3. The summed E-state index contributed by atoms with van der Waals surface area (Å²) in [6.45, 7) is 9.76. The highest BCUT2D eigenvalue weighted by Gasteiger charge is 2.27. The van der Waals surface area contributed by atoms with Crippen LogP contribution in [0.25, 0.3) is 5.82 Å². The minimum Gasteiger partial charge on any atom is -0.390 e. The smallest absolute Gasteiger partial charge is 0.111 e. The summed E-state index contributed by atoms with van der Waals surface area (Å²) >= 11 is 0. The van der Waals surface area contributed by atoms with Crippen molar-refractivity contribution in [2.75, 3.05) is 27.7 Å². The molecule has 7 heteroatoms. The van der Waals surface area contributed by atoms with Gasteiger partial charge in [0.15, 0.2) is 0 Å². The minimum absolute atomic E-state index is 0.0743. The van der Waals surface area contributed by atoms with E-state index in [0.29, 0.717) is 12.6 Å². The molecule has 31 heavy (non-hydrogen) atoms. The molecular weight excluding hydrogens is 388 g/mol. The second kappa shape index (κ2) is 10.4. The highest BCUT2D eigenvalue weighted by Crippen LogP contribution is 2.33. The fourth-order valence-corrected chi connectivity index (χ4v) is 4.65. The van der Waals surface area contributed by atoms with Crippen LogP contribution in [0.5, 0.6) is 0 Å². The first kappa shape index (κ1) is 23.4. The second-order valence-electron chi connectivity index (χ2n) is 8.77. The average Bonchev–Trinajstić information content (AvgIpc) is 3.07. The standard InChI is InChI=1S/C24H38N6O/c1-7-20(28(4)5)14-26-17(2)30-18(3)27-21(23(30)16-31)15-29(6)22-12-8-10-19-11-9-13-25-24(19)22/h9,11,13,20,22,26,31H,2,7-8,10,12,14-16H2,1,3-6H3/t20?,22-/m0/s1. The third kappa shape index (κ3) is 5.17. The van der Waals surface area contributed by atoms with Gasteiger partial charge in [0.1, 0.15) is 11.6 Å². The first-order chi connectivity index (χ1) is 14.9. The second-order valence-corrected chi connectivity index (χ2v) is 8.77. The molecule has 0 saturated heterocycles. The Labute approximate surface area is 186 Å². The predicted octanol–water partition coefficient (Wildman–Crippen LogP) is 2.95. The van der Waals surface area contributed by atoms with Crippen molar-refractivity contribution >= 4 is 5.82 Å². The number of aliphatic hydroxyl groups excluding tert-OH is 1. The van der Waals surface area contributed by atoms with Crippen LogP contribution in [0.2, 0.25) is 0 Å². The molecule has 7 nitrogen and oxygen atoms in total. The number of imidazole rings is 1. The van der Waals surface area contributed by atoms with Gasteiger partial charge in [0.25, 0.3) is 0 Å². The summed E-state index contributed by atoms with van der Waals surface area (Å²) in [6.07, 6.45) is 6.29. The van der Waals surface area contributed by atoms with Gasteiger partial charge in [-0.25, -0.2) is 4.98 Å². The molecule has 170 valence electrons. The van der Waals surface area contributed by atoms with E-state index in [1.165, 1.54) is 17.7 Å². The molecular formula is C24H38N6O. The number of nitrogens with one attached hydrogen (secondary N) is 1. The van der Waals surface area contributed by atoms with Gasteiger partial charge in [-0.2, -0.15) is 0 Å².